The maximum Gasteiger partial charge on any atom is 0.331 e. The van der Waals surface area contributed by atoms with Crippen molar-refractivity contribution in [2.75, 3.05) is 13.2 Å². The summed E-state index contributed by atoms with van der Waals surface area (Å²) < 4.78 is 10.1. The van der Waals surface area contributed by atoms with Crippen molar-refractivity contribution in [3.63, 3.8) is 0 Å². The SMILES string of the molecule is Cc1noc(C)c1CCC(=O)NC1(C(=O)O)CCOC1. The number of amides is 1. The Labute approximate surface area is 116 Å². The molecule has 1 aromatic rings. The zero-order chi connectivity index (χ0) is 14.8. The second-order valence-electron chi connectivity index (χ2n) is 5.04. The van der Waals surface area contributed by atoms with Gasteiger partial charge in [0.1, 0.15) is 5.76 Å². The van der Waals surface area contributed by atoms with Crippen molar-refractivity contribution in [3.05, 3.63) is 17.0 Å². The first kappa shape index (κ1) is 14.5. The van der Waals surface area contributed by atoms with Crippen molar-refractivity contribution in [1.29, 1.82) is 0 Å². The molecule has 0 spiro atoms. The number of hydrogen-bond acceptors (Lipinski definition) is 5. The third-order valence-electron chi connectivity index (χ3n) is 3.59. The van der Waals surface area contributed by atoms with E-state index in [2.05, 4.69) is 10.5 Å². The molecule has 7 heteroatoms. The zero-order valence-corrected chi connectivity index (χ0v) is 11.6. The fourth-order valence-electron chi connectivity index (χ4n) is 2.31. The van der Waals surface area contributed by atoms with Crippen LogP contribution in [0.4, 0.5) is 0 Å². The maximum absolute atomic E-state index is 11.9. The van der Waals surface area contributed by atoms with Gasteiger partial charge in [0, 0.05) is 25.0 Å². The van der Waals surface area contributed by atoms with Crippen LogP contribution in [0, 0.1) is 13.8 Å². The molecular weight excluding hydrogens is 264 g/mol. The molecule has 1 amide bonds. The number of aliphatic carboxylic acids is 1. The van der Waals surface area contributed by atoms with Gasteiger partial charge in [-0.2, -0.15) is 0 Å². The summed E-state index contributed by atoms with van der Waals surface area (Å²) in [6, 6.07) is 0. The Morgan fingerprint density at radius 1 is 1.45 bits per heavy atom. The molecule has 1 saturated heterocycles. The van der Waals surface area contributed by atoms with Crippen molar-refractivity contribution in [2.24, 2.45) is 0 Å². The summed E-state index contributed by atoms with van der Waals surface area (Å²) >= 11 is 0. The molecule has 0 radical (unpaired) electrons. The van der Waals surface area contributed by atoms with E-state index in [0.29, 0.717) is 25.2 Å². The summed E-state index contributed by atoms with van der Waals surface area (Å²) in [5.41, 5.74) is 0.371. The molecule has 2 N–H and O–H groups in total. The van der Waals surface area contributed by atoms with Crippen molar-refractivity contribution < 1.29 is 24.0 Å². The van der Waals surface area contributed by atoms with Gasteiger partial charge in [-0.05, 0) is 20.3 Å². The smallest absolute Gasteiger partial charge is 0.331 e. The number of ether oxygens (including phenoxy) is 1. The Morgan fingerprint density at radius 2 is 2.20 bits per heavy atom. The number of hydrogen-bond donors (Lipinski definition) is 2. The molecule has 20 heavy (non-hydrogen) atoms. The quantitative estimate of drug-likeness (QED) is 0.819. The summed E-state index contributed by atoms with van der Waals surface area (Å²) in [6.07, 6.45) is 0.959. The Hall–Kier alpha value is -1.89. The van der Waals surface area contributed by atoms with E-state index < -0.39 is 11.5 Å². The van der Waals surface area contributed by atoms with Gasteiger partial charge in [0.25, 0.3) is 0 Å². The number of carboxylic acid groups (broad SMARTS) is 1. The minimum Gasteiger partial charge on any atom is -0.479 e. The number of carbonyl (C=O) groups is 2. The van der Waals surface area contributed by atoms with Gasteiger partial charge in [-0.3, -0.25) is 4.79 Å². The lowest BCUT2D eigenvalue weighted by Crippen LogP contribution is -2.55. The number of aromatic nitrogens is 1. The number of nitrogens with zero attached hydrogens (tertiary/aromatic N) is 1. The second-order valence-corrected chi connectivity index (χ2v) is 5.04. The summed E-state index contributed by atoms with van der Waals surface area (Å²) in [5.74, 6) is -0.675. The molecule has 0 aliphatic carbocycles. The van der Waals surface area contributed by atoms with Crippen molar-refractivity contribution in [2.45, 2.75) is 38.6 Å². The number of carboxylic acids is 1. The highest BCUT2D eigenvalue weighted by Crippen LogP contribution is 2.20. The topological polar surface area (TPSA) is 102 Å². The molecule has 0 bridgehead atoms. The fourth-order valence-corrected chi connectivity index (χ4v) is 2.31. The van der Waals surface area contributed by atoms with Gasteiger partial charge >= 0.3 is 5.97 Å². The first-order valence-corrected chi connectivity index (χ1v) is 6.48. The molecule has 2 rings (SSSR count). The first-order valence-electron chi connectivity index (χ1n) is 6.48. The molecule has 1 aliphatic heterocycles. The Kier molecular flexibility index (Phi) is 4.08. The van der Waals surface area contributed by atoms with E-state index in [1.165, 1.54) is 0 Å². The third kappa shape index (κ3) is 2.82. The number of aryl methyl sites for hydroxylation is 2. The van der Waals surface area contributed by atoms with Crippen molar-refractivity contribution in [3.8, 4) is 0 Å². The van der Waals surface area contributed by atoms with Gasteiger partial charge in [-0.1, -0.05) is 5.16 Å². The minimum atomic E-state index is -1.28. The highest BCUT2D eigenvalue weighted by Gasteiger charge is 2.43. The predicted molar refractivity (Wildman–Crippen MR) is 68.2 cm³/mol. The van der Waals surface area contributed by atoms with Crippen molar-refractivity contribution >= 4 is 11.9 Å². The molecule has 7 nitrogen and oxygen atoms in total. The number of nitrogens with one attached hydrogen (secondary N) is 1. The van der Waals surface area contributed by atoms with Gasteiger partial charge < -0.3 is 19.7 Å². The lowest BCUT2D eigenvalue weighted by Gasteiger charge is -2.23. The van der Waals surface area contributed by atoms with E-state index in [1.54, 1.807) is 6.92 Å². The molecule has 1 unspecified atom stereocenters. The highest BCUT2D eigenvalue weighted by molar-refractivity contribution is 5.87. The number of rotatable bonds is 5. The van der Waals surface area contributed by atoms with E-state index in [1.807, 2.05) is 6.92 Å². The summed E-state index contributed by atoms with van der Waals surface area (Å²) in [6.45, 7) is 3.96. The molecule has 1 atom stereocenters. The summed E-state index contributed by atoms with van der Waals surface area (Å²) in [7, 11) is 0. The lowest BCUT2D eigenvalue weighted by molar-refractivity contribution is -0.147. The second kappa shape index (κ2) is 5.62. The number of carbonyl (C=O) groups excluding carboxylic acids is 1. The van der Waals surface area contributed by atoms with Crippen molar-refractivity contribution in [1.82, 2.24) is 10.5 Å². The van der Waals surface area contributed by atoms with Crippen LogP contribution in [0.25, 0.3) is 0 Å². The van der Waals surface area contributed by atoms with Crippen LogP contribution in [0.2, 0.25) is 0 Å². The van der Waals surface area contributed by atoms with E-state index in [4.69, 9.17) is 9.26 Å². The van der Waals surface area contributed by atoms with Crippen LogP contribution >= 0.6 is 0 Å². The van der Waals surface area contributed by atoms with Crippen LogP contribution in [0.15, 0.2) is 4.52 Å². The fraction of sp³-hybridized carbons (Fsp3) is 0.615. The highest BCUT2D eigenvalue weighted by atomic mass is 16.5. The van der Waals surface area contributed by atoms with Gasteiger partial charge in [0.05, 0.1) is 12.3 Å². The monoisotopic (exact) mass is 282 g/mol. The molecule has 1 aliphatic rings. The van der Waals surface area contributed by atoms with Crippen LogP contribution in [0.5, 0.6) is 0 Å². The zero-order valence-electron chi connectivity index (χ0n) is 11.6. The van der Waals surface area contributed by atoms with Crippen LogP contribution < -0.4 is 5.32 Å². The van der Waals surface area contributed by atoms with Crippen LogP contribution in [0.1, 0.15) is 29.9 Å². The molecule has 110 valence electrons. The van der Waals surface area contributed by atoms with Gasteiger partial charge in [-0.15, -0.1) is 0 Å². The Balaban J connectivity index is 1.94. The van der Waals surface area contributed by atoms with Gasteiger partial charge in [0.2, 0.25) is 5.91 Å². The average Bonchev–Trinajstić information content (AvgIpc) is 2.97. The van der Waals surface area contributed by atoms with E-state index in [0.717, 1.165) is 11.3 Å². The minimum absolute atomic E-state index is 0.0133. The molecule has 0 saturated carbocycles. The molecule has 1 fully saturated rings. The molecule has 0 aromatic carbocycles. The van der Waals surface area contributed by atoms with Crippen LogP contribution in [-0.4, -0.2) is 40.9 Å². The average molecular weight is 282 g/mol. The molecule has 1 aromatic heterocycles. The van der Waals surface area contributed by atoms with E-state index in [-0.39, 0.29) is 18.9 Å². The molecular formula is C13H18N2O5. The maximum atomic E-state index is 11.9. The normalized spacial score (nSPS) is 21.9. The Bertz CT molecular complexity index is 497. The van der Waals surface area contributed by atoms with E-state index in [9.17, 15) is 14.7 Å². The van der Waals surface area contributed by atoms with Crippen LogP contribution in [0.3, 0.4) is 0 Å². The molecule has 2 heterocycles. The third-order valence-corrected chi connectivity index (χ3v) is 3.59. The summed E-state index contributed by atoms with van der Waals surface area (Å²) in [4.78, 5) is 23.2. The lowest BCUT2D eigenvalue weighted by atomic mass is 9.98. The summed E-state index contributed by atoms with van der Waals surface area (Å²) in [5, 5.41) is 15.6. The largest absolute Gasteiger partial charge is 0.479 e. The standard InChI is InChI=1S/C13H18N2O5/c1-8-10(9(2)20-15-8)3-4-11(16)14-13(12(17)18)5-6-19-7-13/h3-7H2,1-2H3,(H,14,16)(H,17,18). The Morgan fingerprint density at radius 3 is 2.70 bits per heavy atom. The van der Waals surface area contributed by atoms with Gasteiger partial charge in [0.15, 0.2) is 5.54 Å². The van der Waals surface area contributed by atoms with Gasteiger partial charge in [-0.25, -0.2) is 4.79 Å². The first-order chi connectivity index (χ1) is 9.44. The predicted octanol–water partition coefficient (Wildman–Crippen LogP) is 0.584. The van der Waals surface area contributed by atoms with Crippen LogP contribution in [-0.2, 0) is 20.7 Å². The van der Waals surface area contributed by atoms with E-state index >= 15 is 0 Å².